The summed E-state index contributed by atoms with van der Waals surface area (Å²) < 4.78 is 11.4. The summed E-state index contributed by atoms with van der Waals surface area (Å²) >= 11 is 5.80. The topological polar surface area (TPSA) is 63.4 Å². The Balaban J connectivity index is 1.72. The Hall–Kier alpha value is -3.19. The van der Waals surface area contributed by atoms with Gasteiger partial charge >= 0.3 is 0 Å². The van der Waals surface area contributed by atoms with Crippen LogP contribution in [-0.2, 0) is 6.42 Å². The van der Waals surface area contributed by atoms with E-state index in [0.717, 1.165) is 65.5 Å². The van der Waals surface area contributed by atoms with E-state index < -0.39 is 0 Å². The number of ether oxygens (including phenoxy) is 1. The summed E-state index contributed by atoms with van der Waals surface area (Å²) in [5, 5.41) is 8.59. The zero-order valence-corrected chi connectivity index (χ0v) is 21.8. The first-order chi connectivity index (χ1) is 17.0. The fraction of sp³-hybridized carbons (Fsp3) is 0.393. The Morgan fingerprint density at radius 2 is 1.77 bits per heavy atom. The lowest BCUT2D eigenvalue weighted by atomic mass is 9.93. The Bertz CT molecular complexity index is 1170. The van der Waals surface area contributed by atoms with E-state index in [4.69, 9.17) is 26.5 Å². The minimum absolute atomic E-state index is 0.163. The van der Waals surface area contributed by atoms with E-state index in [0.29, 0.717) is 18.3 Å². The molecule has 184 valence electrons. The molecule has 0 aliphatic carbocycles. The minimum atomic E-state index is -0.163. The van der Waals surface area contributed by atoms with Gasteiger partial charge in [-0.3, -0.25) is 0 Å². The fourth-order valence-electron chi connectivity index (χ4n) is 4.36. The molecule has 6 nitrogen and oxygen atoms in total. The van der Waals surface area contributed by atoms with Crippen LogP contribution in [0.2, 0.25) is 0 Å². The van der Waals surface area contributed by atoms with Crippen LogP contribution < -0.4 is 10.1 Å². The molecule has 0 saturated carbocycles. The van der Waals surface area contributed by atoms with Crippen LogP contribution in [0.1, 0.15) is 70.0 Å². The SMILES string of the molecule is CCCCCN1C(=S)NC(c2ccc(CC)cc2)C(c2nc(-c3ccc(OCC)cc3)no2)=C1C. The highest BCUT2D eigenvalue weighted by molar-refractivity contribution is 7.80. The molecule has 2 heterocycles. The maximum absolute atomic E-state index is 5.85. The van der Waals surface area contributed by atoms with Gasteiger partial charge in [-0.25, -0.2) is 0 Å². The third-order valence-electron chi connectivity index (χ3n) is 6.38. The van der Waals surface area contributed by atoms with E-state index in [1.807, 2.05) is 31.2 Å². The number of rotatable bonds is 10. The molecule has 7 heteroatoms. The second-order valence-corrected chi connectivity index (χ2v) is 9.10. The first-order valence-corrected chi connectivity index (χ1v) is 12.9. The normalized spacial score (nSPS) is 15.9. The molecule has 0 fully saturated rings. The molecule has 0 spiro atoms. The molecule has 0 amide bonds. The predicted molar refractivity (Wildman–Crippen MR) is 144 cm³/mol. The van der Waals surface area contributed by atoms with Crippen molar-refractivity contribution in [2.75, 3.05) is 13.2 Å². The van der Waals surface area contributed by atoms with Gasteiger partial charge in [0.25, 0.3) is 5.89 Å². The molecule has 1 unspecified atom stereocenters. The molecule has 1 N–H and O–H groups in total. The molecule has 2 aromatic carbocycles. The number of allylic oxidation sites excluding steroid dienone is 1. The maximum atomic E-state index is 5.85. The quantitative estimate of drug-likeness (QED) is 0.255. The van der Waals surface area contributed by atoms with Crippen molar-refractivity contribution in [3.8, 4) is 17.1 Å². The monoisotopic (exact) mass is 490 g/mol. The second kappa shape index (κ2) is 11.5. The van der Waals surface area contributed by atoms with Gasteiger partial charge < -0.3 is 19.5 Å². The average molecular weight is 491 g/mol. The van der Waals surface area contributed by atoms with E-state index in [1.54, 1.807) is 0 Å². The van der Waals surface area contributed by atoms with Crippen molar-refractivity contribution in [2.45, 2.75) is 59.4 Å². The van der Waals surface area contributed by atoms with Gasteiger partial charge in [0.05, 0.1) is 18.2 Å². The number of hydrogen-bond acceptors (Lipinski definition) is 5. The number of unbranched alkanes of at least 4 members (excludes halogenated alkanes) is 2. The number of aryl methyl sites for hydroxylation is 1. The van der Waals surface area contributed by atoms with Crippen LogP contribution in [0.4, 0.5) is 0 Å². The van der Waals surface area contributed by atoms with Gasteiger partial charge in [0, 0.05) is 17.8 Å². The van der Waals surface area contributed by atoms with Gasteiger partial charge in [-0.15, -0.1) is 0 Å². The van der Waals surface area contributed by atoms with Crippen molar-refractivity contribution in [1.29, 1.82) is 0 Å². The van der Waals surface area contributed by atoms with Crippen LogP contribution in [0.3, 0.4) is 0 Å². The van der Waals surface area contributed by atoms with Crippen molar-refractivity contribution in [3.63, 3.8) is 0 Å². The number of thiocarbonyl (C=S) groups is 1. The first kappa shape index (κ1) is 24.9. The number of nitrogens with zero attached hydrogens (tertiary/aromatic N) is 3. The number of benzene rings is 2. The van der Waals surface area contributed by atoms with Crippen LogP contribution in [0.25, 0.3) is 17.0 Å². The lowest BCUT2D eigenvalue weighted by molar-refractivity contribution is 0.340. The number of nitrogens with one attached hydrogen (secondary N) is 1. The zero-order chi connectivity index (χ0) is 24.8. The van der Waals surface area contributed by atoms with Gasteiger partial charge in [-0.05, 0) is 74.3 Å². The van der Waals surface area contributed by atoms with Gasteiger partial charge in [0.15, 0.2) is 5.11 Å². The summed E-state index contributed by atoms with van der Waals surface area (Å²) in [5.74, 6) is 1.88. The van der Waals surface area contributed by atoms with Crippen LogP contribution in [0, 0.1) is 0 Å². The van der Waals surface area contributed by atoms with E-state index in [9.17, 15) is 0 Å². The second-order valence-electron chi connectivity index (χ2n) is 8.72. The van der Waals surface area contributed by atoms with E-state index >= 15 is 0 Å². The van der Waals surface area contributed by atoms with Crippen molar-refractivity contribution in [3.05, 3.63) is 71.2 Å². The van der Waals surface area contributed by atoms with Crippen molar-refractivity contribution in [2.24, 2.45) is 0 Å². The third-order valence-corrected chi connectivity index (χ3v) is 6.72. The lowest BCUT2D eigenvalue weighted by Crippen LogP contribution is -2.46. The molecule has 1 aliphatic rings. The molecule has 1 atom stereocenters. The predicted octanol–water partition coefficient (Wildman–Crippen LogP) is 6.55. The summed E-state index contributed by atoms with van der Waals surface area (Å²) in [6.45, 7) is 9.92. The number of hydrogen-bond donors (Lipinski definition) is 1. The van der Waals surface area contributed by atoms with Crippen LogP contribution >= 0.6 is 12.2 Å². The highest BCUT2D eigenvalue weighted by atomic mass is 32.1. The lowest BCUT2D eigenvalue weighted by Gasteiger charge is -2.37. The molecule has 0 radical (unpaired) electrons. The molecule has 0 bridgehead atoms. The summed E-state index contributed by atoms with van der Waals surface area (Å²) in [5.41, 5.74) is 5.31. The van der Waals surface area contributed by atoms with Gasteiger partial charge in [-0.2, -0.15) is 4.98 Å². The van der Waals surface area contributed by atoms with Gasteiger partial charge in [0.1, 0.15) is 5.75 Å². The summed E-state index contributed by atoms with van der Waals surface area (Å²) in [6.07, 6.45) is 4.39. The summed E-state index contributed by atoms with van der Waals surface area (Å²) in [7, 11) is 0. The summed E-state index contributed by atoms with van der Waals surface area (Å²) in [6, 6.07) is 16.2. The largest absolute Gasteiger partial charge is 0.494 e. The van der Waals surface area contributed by atoms with Gasteiger partial charge in [-0.1, -0.05) is 56.1 Å². The highest BCUT2D eigenvalue weighted by Crippen LogP contribution is 2.37. The molecular formula is C28H34N4O2S. The van der Waals surface area contributed by atoms with Crippen LogP contribution in [0.15, 0.2) is 58.8 Å². The fourth-order valence-corrected chi connectivity index (χ4v) is 4.71. The molecule has 4 rings (SSSR count). The standard InChI is InChI=1S/C28H34N4O2S/c1-5-8-9-18-32-19(4)24(25(29-28(32)35)21-12-10-20(6-2)11-13-21)27-30-26(31-34-27)22-14-16-23(17-15-22)33-7-3/h10-17,25H,5-9,18H2,1-4H3,(H,29,35). The van der Waals surface area contributed by atoms with Crippen molar-refractivity contribution >= 4 is 22.9 Å². The molecule has 0 saturated heterocycles. The Kier molecular flexibility index (Phi) is 8.18. The molecule has 1 aliphatic heterocycles. The van der Waals surface area contributed by atoms with Crippen LogP contribution in [-0.4, -0.2) is 33.3 Å². The minimum Gasteiger partial charge on any atom is -0.494 e. The zero-order valence-electron chi connectivity index (χ0n) is 21.0. The Morgan fingerprint density at radius 3 is 2.43 bits per heavy atom. The smallest absolute Gasteiger partial charge is 0.258 e. The number of aromatic nitrogens is 2. The first-order valence-electron chi connectivity index (χ1n) is 12.5. The van der Waals surface area contributed by atoms with E-state index in [2.05, 4.69) is 60.4 Å². The maximum Gasteiger partial charge on any atom is 0.258 e. The molecule has 3 aromatic rings. The van der Waals surface area contributed by atoms with E-state index in [1.165, 1.54) is 5.56 Å². The Labute approximate surface area is 213 Å². The molecular weight excluding hydrogens is 456 g/mol. The molecule has 1 aromatic heterocycles. The highest BCUT2D eigenvalue weighted by Gasteiger charge is 2.33. The van der Waals surface area contributed by atoms with Gasteiger partial charge in [0.2, 0.25) is 5.82 Å². The molecule has 35 heavy (non-hydrogen) atoms. The van der Waals surface area contributed by atoms with E-state index in [-0.39, 0.29) is 6.04 Å². The van der Waals surface area contributed by atoms with Crippen molar-refractivity contribution < 1.29 is 9.26 Å². The average Bonchev–Trinajstić information content (AvgIpc) is 3.36. The third kappa shape index (κ3) is 5.56. The Morgan fingerprint density at radius 1 is 1.03 bits per heavy atom. The summed E-state index contributed by atoms with van der Waals surface area (Å²) in [4.78, 5) is 6.97. The van der Waals surface area contributed by atoms with Crippen LogP contribution in [0.5, 0.6) is 5.75 Å². The van der Waals surface area contributed by atoms with Crippen molar-refractivity contribution in [1.82, 2.24) is 20.4 Å².